The summed E-state index contributed by atoms with van der Waals surface area (Å²) in [5.41, 5.74) is 10.6. The van der Waals surface area contributed by atoms with Crippen molar-refractivity contribution >= 4 is 17.3 Å². The average Bonchev–Trinajstić information content (AvgIpc) is 2.36. The number of hydrogen-bond donors (Lipinski definition) is 1. The highest BCUT2D eigenvalue weighted by molar-refractivity contribution is 6.41. The minimum atomic E-state index is -0.322. The maximum atomic E-state index is 11.4. The van der Waals surface area contributed by atoms with Gasteiger partial charge in [-0.05, 0) is 18.1 Å². The molecule has 1 amide bonds. The number of benzene rings is 1. The van der Waals surface area contributed by atoms with Crippen LogP contribution < -0.4 is 5.32 Å². The van der Waals surface area contributed by atoms with E-state index in [9.17, 15) is 4.79 Å². The van der Waals surface area contributed by atoms with Crippen molar-refractivity contribution in [3.05, 3.63) is 35.4 Å². The van der Waals surface area contributed by atoms with E-state index >= 15 is 0 Å². The maximum absolute atomic E-state index is 11.4. The van der Waals surface area contributed by atoms with Crippen LogP contribution in [0.4, 0.5) is 5.69 Å². The largest absolute Gasteiger partial charge is 0.361 e. The average molecular weight is 187 g/mol. The van der Waals surface area contributed by atoms with Crippen LogP contribution in [0, 0.1) is 0 Å². The summed E-state index contributed by atoms with van der Waals surface area (Å²) in [4.78, 5) is 14.4. The Morgan fingerprint density at radius 3 is 2.86 bits per heavy atom. The molecule has 1 aromatic rings. The Hall–Kier alpha value is -1.93. The lowest BCUT2D eigenvalue weighted by atomic mass is 10.1. The van der Waals surface area contributed by atoms with Crippen LogP contribution in [0.3, 0.4) is 0 Å². The molecule has 0 bridgehead atoms. The number of nitrogens with zero attached hydrogens (tertiary/aromatic N) is 2. The molecule has 0 aromatic heterocycles. The van der Waals surface area contributed by atoms with Crippen LogP contribution in [-0.4, -0.2) is 16.4 Å². The van der Waals surface area contributed by atoms with E-state index in [-0.39, 0.29) is 11.6 Å². The van der Waals surface area contributed by atoms with Crippen LogP contribution in [-0.2, 0) is 11.2 Å². The highest BCUT2D eigenvalue weighted by Gasteiger charge is 2.24. The van der Waals surface area contributed by atoms with E-state index in [0.717, 1.165) is 11.3 Å². The SMILES string of the molecule is [N-]=[N+]=C1CCc2ccccc2NC1=O. The zero-order chi connectivity index (χ0) is 9.97. The second-order valence-electron chi connectivity index (χ2n) is 3.16. The van der Waals surface area contributed by atoms with E-state index in [0.29, 0.717) is 12.8 Å². The van der Waals surface area contributed by atoms with E-state index in [4.69, 9.17) is 5.53 Å². The topological polar surface area (TPSA) is 65.5 Å². The third-order valence-corrected chi connectivity index (χ3v) is 2.28. The zero-order valence-corrected chi connectivity index (χ0v) is 7.53. The Morgan fingerprint density at radius 2 is 2.07 bits per heavy atom. The molecule has 1 aliphatic heterocycles. The quantitative estimate of drug-likeness (QED) is 0.482. The van der Waals surface area contributed by atoms with Gasteiger partial charge in [-0.3, -0.25) is 4.79 Å². The van der Waals surface area contributed by atoms with Gasteiger partial charge in [-0.15, -0.1) is 0 Å². The number of carbonyl (C=O) groups is 1. The summed E-state index contributed by atoms with van der Waals surface area (Å²) in [6.45, 7) is 0. The predicted octanol–water partition coefficient (Wildman–Crippen LogP) is 1.24. The van der Waals surface area contributed by atoms with Crippen LogP contribution in [0.15, 0.2) is 24.3 Å². The predicted molar refractivity (Wildman–Crippen MR) is 52.0 cm³/mol. The van der Waals surface area contributed by atoms with Crippen LogP contribution in [0.2, 0.25) is 0 Å². The second kappa shape index (κ2) is 3.44. The molecule has 4 heteroatoms. The van der Waals surface area contributed by atoms with E-state index in [1.54, 1.807) is 0 Å². The van der Waals surface area contributed by atoms with Gasteiger partial charge >= 0.3 is 11.6 Å². The molecule has 0 spiro atoms. The number of nitrogens with one attached hydrogen (secondary N) is 1. The van der Waals surface area contributed by atoms with Crippen LogP contribution in [0.1, 0.15) is 12.0 Å². The summed E-state index contributed by atoms with van der Waals surface area (Å²) in [5.74, 6) is -0.322. The molecule has 2 rings (SSSR count). The standard InChI is InChI=1S/C10H9N3O/c11-13-9-6-5-7-3-1-2-4-8(7)12-10(9)14/h1-4H,5-6H2,(H,12,14). The van der Waals surface area contributed by atoms with Crippen molar-refractivity contribution in [2.75, 3.05) is 5.32 Å². The molecule has 70 valence electrons. The fourth-order valence-corrected chi connectivity index (χ4v) is 1.52. The summed E-state index contributed by atoms with van der Waals surface area (Å²) < 4.78 is 0. The normalized spacial score (nSPS) is 15.1. The fourth-order valence-electron chi connectivity index (χ4n) is 1.52. The van der Waals surface area contributed by atoms with Gasteiger partial charge in [0.1, 0.15) is 0 Å². The molecule has 14 heavy (non-hydrogen) atoms. The van der Waals surface area contributed by atoms with E-state index in [1.165, 1.54) is 0 Å². The lowest BCUT2D eigenvalue weighted by Crippen LogP contribution is -2.21. The third-order valence-electron chi connectivity index (χ3n) is 2.28. The molecular formula is C10H9N3O. The first-order valence-electron chi connectivity index (χ1n) is 4.41. The van der Waals surface area contributed by atoms with Crippen LogP contribution in [0.5, 0.6) is 0 Å². The molecule has 0 fully saturated rings. The summed E-state index contributed by atoms with van der Waals surface area (Å²) in [6.07, 6.45) is 1.19. The number of rotatable bonds is 0. The van der Waals surface area contributed by atoms with Crippen molar-refractivity contribution < 1.29 is 9.58 Å². The molecule has 0 radical (unpaired) electrons. The molecule has 1 N–H and O–H groups in total. The Kier molecular flexibility index (Phi) is 2.13. The molecule has 1 aliphatic rings. The number of carbonyl (C=O) groups excluding carboxylic acids is 1. The van der Waals surface area contributed by atoms with Crippen molar-refractivity contribution in [2.24, 2.45) is 0 Å². The number of anilines is 1. The second-order valence-corrected chi connectivity index (χ2v) is 3.16. The first-order valence-corrected chi connectivity index (χ1v) is 4.41. The van der Waals surface area contributed by atoms with Crippen molar-refractivity contribution in [3.63, 3.8) is 0 Å². The molecule has 0 unspecified atom stereocenters. The molecule has 0 aliphatic carbocycles. The van der Waals surface area contributed by atoms with E-state index < -0.39 is 0 Å². The van der Waals surface area contributed by atoms with Gasteiger partial charge in [-0.1, -0.05) is 18.2 Å². The molecule has 0 saturated heterocycles. The number of fused-ring (bicyclic) bond motifs is 1. The molecule has 1 aromatic carbocycles. The Labute approximate surface area is 81.2 Å². The number of hydrogen-bond acceptors (Lipinski definition) is 1. The van der Waals surface area contributed by atoms with Gasteiger partial charge in [0.15, 0.2) is 0 Å². The van der Waals surface area contributed by atoms with Gasteiger partial charge in [0.2, 0.25) is 0 Å². The van der Waals surface area contributed by atoms with Crippen LogP contribution in [0.25, 0.3) is 5.53 Å². The van der Waals surface area contributed by atoms with E-state index in [1.807, 2.05) is 24.3 Å². The van der Waals surface area contributed by atoms with Gasteiger partial charge in [0, 0.05) is 5.69 Å². The summed E-state index contributed by atoms with van der Waals surface area (Å²) in [6, 6.07) is 7.58. The van der Waals surface area contributed by atoms with Gasteiger partial charge < -0.3 is 10.8 Å². The van der Waals surface area contributed by atoms with Crippen molar-refractivity contribution in [1.82, 2.24) is 0 Å². The molecule has 0 atom stereocenters. The lowest BCUT2D eigenvalue weighted by molar-refractivity contribution is -0.114. The Bertz CT molecular complexity index is 433. The highest BCUT2D eigenvalue weighted by atomic mass is 16.1. The minimum absolute atomic E-state index is 0.182. The smallest absolute Gasteiger partial charge is 0.356 e. The first kappa shape index (κ1) is 8.66. The Balaban J connectivity index is 2.42. The van der Waals surface area contributed by atoms with Crippen molar-refractivity contribution in [1.29, 1.82) is 0 Å². The van der Waals surface area contributed by atoms with Crippen LogP contribution >= 0.6 is 0 Å². The molecule has 4 nitrogen and oxygen atoms in total. The molecular weight excluding hydrogens is 178 g/mol. The summed E-state index contributed by atoms with van der Waals surface area (Å²) in [7, 11) is 0. The minimum Gasteiger partial charge on any atom is -0.361 e. The number of amides is 1. The van der Waals surface area contributed by atoms with Crippen molar-refractivity contribution in [3.8, 4) is 0 Å². The van der Waals surface area contributed by atoms with Gasteiger partial charge in [0.25, 0.3) is 0 Å². The van der Waals surface area contributed by atoms with Gasteiger partial charge in [0.05, 0.1) is 6.42 Å². The lowest BCUT2D eigenvalue weighted by Gasteiger charge is -2.02. The molecule has 1 heterocycles. The van der Waals surface area contributed by atoms with E-state index in [2.05, 4.69) is 10.1 Å². The number of para-hydroxylation sites is 1. The molecule has 0 saturated carbocycles. The first-order chi connectivity index (χ1) is 6.81. The highest BCUT2D eigenvalue weighted by Crippen LogP contribution is 2.19. The van der Waals surface area contributed by atoms with Crippen molar-refractivity contribution in [2.45, 2.75) is 12.8 Å². The number of aryl methyl sites for hydroxylation is 1. The maximum Gasteiger partial charge on any atom is 0.356 e. The van der Waals surface area contributed by atoms with Gasteiger partial charge in [-0.2, -0.15) is 4.79 Å². The zero-order valence-electron chi connectivity index (χ0n) is 7.53. The van der Waals surface area contributed by atoms with Gasteiger partial charge in [-0.25, -0.2) is 0 Å². The summed E-state index contributed by atoms with van der Waals surface area (Å²) >= 11 is 0. The monoisotopic (exact) mass is 187 g/mol. The fraction of sp³-hybridized carbons (Fsp3) is 0.200. The third kappa shape index (κ3) is 1.43. The Morgan fingerprint density at radius 1 is 1.29 bits per heavy atom. The summed E-state index contributed by atoms with van der Waals surface area (Å²) in [5, 5.41) is 2.69.